The quantitative estimate of drug-likeness (QED) is 0.228. The molecule has 0 fully saturated rings. The lowest BCUT2D eigenvalue weighted by Gasteiger charge is -1.88. The van der Waals surface area contributed by atoms with Gasteiger partial charge in [-0.1, -0.05) is 23.8 Å². The summed E-state index contributed by atoms with van der Waals surface area (Å²) in [6.07, 6.45) is 0. The molecule has 7 heavy (non-hydrogen) atoms. The Balaban J connectivity index is 3.17. The van der Waals surface area contributed by atoms with E-state index in [1.54, 1.807) is 0 Å². The number of hydrogen-bond donors (Lipinski definition) is 2. The molecule has 0 heterocycles. The number of thioether (sulfide) groups is 1. The molecule has 0 atom stereocenters. The predicted molar refractivity (Wildman–Crippen MR) is 31.5 cm³/mol. The molecule has 0 rings (SSSR count). The third-order valence-corrected chi connectivity index (χ3v) is 1.06. The van der Waals surface area contributed by atoms with Crippen molar-refractivity contribution in [1.82, 2.24) is 0 Å². The highest BCUT2D eigenvalue weighted by molar-refractivity contribution is 8.13. The fourth-order valence-electron chi connectivity index (χ4n) is 0.177. The smallest absolute Gasteiger partial charge is 0.197 e. The number of amidine groups is 1. The maximum Gasteiger partial charge on any atom is 0.197 e. The molecule has 0 radical (unpaired) electrons. The van der Waals surface area contributed by atoms with Crippen molar-refractivity contribution in [2.75, 3.05) is 5.75 Å². The van der Waals surface area contributed by atoms with E-state index in [-0.39, 0.29) is 5.17 Å². The van der Waals surface area contributed by atoms with Gasteiger partial charge in [0, 0.05) is 0 Å². The van der Waals surface area contributed by atoms with E-state index < -0.39 is 0 Å². The van der Waals surface area contributed by atoms with Crippen molar-refractivity contribution in [2.24, 2.45) is 10.9 Å². The summed E-state index contributed by atoms with van der Waals surface area (Å²) in [6, 6.07) is 0. The average molecular weight is 120 g/mol. The number of rotatable bonds is 1. The Morgan fingerprint density at radius 3 is 2.71 bits per heavy atom. The molecule has 0 aromatic rings. The zero-order valence-electron chi connectivity index (χ0n) is 4.09. The summed E-state index contributed by atoms with van der Waals surface area (Å²) in [7, 11) is 0. The van der Waals surface area contributed by atoms with Gasteiger partial charge in [-0.25, -0.2) is 0 Å². The molecule has 0 saturated carbocycles. The number of hydrogen-bond acceptors (Lipinski definition) is 3. The van der Waals surface area contributed by atoms with E-state index >= 15 is 0 Å². The van der Waals surface area contributed by atoms with E-state index in [0.29, 0.717) is 0 Å². The van der Waals surface area contributed by atoms with Gasteiger partial charge < -0.3 is 10.9 Å². The Kier molecular flexibility index (Phi) is 3.59. The third kappa shape index (κ3) is 3.45. The van der Waals surface area contributed by atoms with Crippen LogP contribution in [-0.2, 0) is 0 Å². The molecule has 3 N–H and O–H groups in total. The number of nitrogens with two attached hydrogens (primary N) is 1. The summed E-state index contributed by atoms with van der Waals surface area (Å²) < 4.78 is 0. The van der Waals surface area contributed by atoms with E-state index in [0.717, 1.165) is 5.75 Å². The van der Waals surface area contributed by atoms with Crippen molar-refractivity contribution in [3.8, 4) is 0 Å². The van der Waals surface area contributed by atoms with Crippen LogP contribution in [0.5, 0.6) is 0 Å². The second-order valence-electron chi connectivity index (χ2n) is 0.871. The highest BCUT2D eigenvalue weighted by atomic mass is 32.2. The second kappa shape index (κ2) is 3.80. The second-order valence-corrected chi connectivity index (χ2v) is 2.16. The third-order valence-electron chi connectivity index (χ3n) is 0.391. The first-order chi connectivity index (χ1) is 3.31. The lowest BCUT2D eigenvalue weighted by Crippen LogP contribution is -2.05. The topological polar surface area (TPSA) is 58.6 Å². The Labute approximate surface area is 46.6 Å². The van der Waals surface area contributed by atoms with E-state index in [1.165, 1.54) is 11.8 Å². The van der Waals surface area contributed by atoms with Gasteiger partial charge in [-0.2, -0.15) is 0 Å². The predicted octanol–water partition coefficient (Wildman–Crippen LogP) is 0.443. The zero-order chi connectivity index (χ0) is 5.70. The molecule has 4 heteroatoms. The van der Waals surface area contributed by atoms with Gasteiger partial charge in [0.05, 0.1) is 0 Å². The van der Waals surface area contributed by atoms with Crippen LogP contribution in [0.15, 0.2) is 5.16 Å². The molecule has 0 unspecified atom stereocenters. The molecule has 0 amide bonds. The monoisotopic (exact) mass is 120 g/mol. The summed E-state index contributed by atoms with van der Waals surface area (Å²) in [5.74, 6) is 0.843. The molecule has 0 bridgehead atoms. The molecule has 3 nitrogen and oxygen atoms in total. The zero-order valence-corrected chi connectivity index (χ0v) is 4.90. The lowest BCUT2D eigenvalue weighted by molar-refractivity contribution is 0.320. The normalized spacial score (nSPS) is 11.9. The van der Waals surface area contributed by atoms with E-state index in [2.05, 4.69) is 5.16 Å². The van der Waals surface area contributed by atoms with E-state index in [9.17, 15) is 0 Å². The van der Waals surface area contributed by atoms with Crippen molar-refractivity contribution >= 4 is 16.9 Å². The Morgan fingerprint density at radius 2 is 2.57 bits per heavy atom. The van der Waals surface area contributed by atoms with Crippen LogP contribution in [0.1, 0.15) is 6.92 Å². The first-order valence-electron chi connectivity index (χ1n) is 1.91. The van der Waals surface area contributed by atoms with Crippen LogP contribution in [0.3, 0.4) is 0 Å². The summed E-state index contributed by atoms with van der Waals surface area (Å²) in [6.45, 7) is 1.93. The molecule has 0 aromatic carbocycles. The Morgan fingerprint density at radius 1 is 2.00 bits per heavy atom. The van der Waals surface area contributed by atoms with Gasteiger partial charge in [-0.3, -0.25) is 0 Å². The van der Waals surface area contributed by atoms with Gasteiger partial charge in [0.25, 0.3) is 0 Å². The van der Waals surface area contributed by atoms with E-state index in [1.807, 2.05) is 6.92 Å². The van der Waals surface area contributed by atoms with Gasteiger partial charge in [0.15, 0.2) is 5.17 Å². The lowest BCUT2D eigenvalue weighted by atomic mass is 11.0. The molecule has 0 aliphatic heterocycles. The SMILES string of the molecule is CCS/C(N)=N/O. The molecule has 0 aliphatic rings. The highest BCUT2D eigenvalue weighted by Crippen LogP contribution is 1.95. The fourth-order valence-corrected chi connectivity index (χ4v) is 0.530. The van der Waals surface area contributed by atoms with Crippen LogP contribution < -0.4 is 5.73 Å². The standard InChI is InChI=1S/C3H8N2OS/c1-2-7-3(4)5-6/h6H,2H2,1H3,(H2,4,5). The van der Waals surface area contributed by atoms with Gasteiger partial charge in [0.1, 0.15) is 0 Å². The van der Waals surface area contributed by atoms with Crippen molar-refractivity contribution in [3.05, 3.63) is 0 Å². The van der Waals surface area contributed by atoms with Crippen molar-refractivity contribution < 1.29 is 5.21 Å². The number of nitrogens with zero attached hydrogens (tertiary/aromatic N) is 1. The molecular formula is C3H8N2OS. The van der Waals surface area contributed by atoms with Crippen LogP contribution >= 0.6 is 11.8 Å². The Hall–Kier alpha value is -0.380. The molecule has 0 aliphatic carbocycles. The van der Waals surface area contributed by atoms with Gasteiger partial charge in [-0.05, 0) is 5.75 Å². The molecular weight excluding hydrogens is 112 g/mol. The number of oxime groups is 1. The van der Waals surface area contributed by atoms with Gasteiger partial charge >= 0.3 is 0 Å². The fraction of sp³-hybridized carbons (Fsp3) is 0.667. The largest absolute Gasteiger partial charge is 0.409 e. The van der Waals surface area contributed by atoms with Crippen LogP contribution in [0.25, 0.3) is 0 Å². The first kappa shape index (κ1) is 6.62. The van der Waals surface area contributed by atoms with Crippen molar-refractivity contribution in [1.29, 1.82) is 0 Å². The average Bonchev–Trinajstić information content (AvgIpc) is 1.68. The van der Waals surface area contributed by atoms with Crippen LogP contribution in [0, 0.1) is 0 Å². The minimum atomic E-state index is 0.225. The first-order valence-corrected chi connectivity index (χ1v) is 2.90. The summed E-state index contributed by atoms with van der Waals surface area (Å²) in [4.78, 5) is 0. The maximum absolute atomic E-state index is 7.91. The van der Waals surface area contributed by atoms with Crippen LogP contribution in [-0.4, -0.2) is 16.1 Å². The minimum absolute atomic E-state index is 0.225. The van der Waals surface area contributed by atoms with Gasteiger partial charge in [-0.15, -0.1) is 0 Å². The van der Waals surface area contributed by atoms with Gasteiger partial charge in [0.2, 0.25) is 0 Å². The Bertz CT molecular complexity index is 73.3. The molecule has 0 spiro atoms. The summed E-state index contributed by atoms with van der Waals surface area (Å²) in [5.41, 5.74) is 5.05. The minimum Gasteiger partial charge on any atom is -0.409 e. The maximum atomic E-state index is 7.91. The summed E-state index contributed by atoms with van der Waals surface area (Å²) >= 11 is 1.31. The van der Waals surface area contributed by atoms with Crippen molar-refractivity contribution in [2.45, 2.75) is 6.92 Å². The highest BCUT2D eigenvalue weighted by Gasteiger charge is 1.85. The molecule has 0 aromatic heterocycles. The summed E-state index contributed by atoms with van der Waals surface area (Å²) in [5, 5.41) is 10.9. The molecule has 42 valence electrons. The van der Waals surface area contributed by atoms with Crippen molar-refractivity contribution in [3.63, 3.8) is 0 Å². The molecule has 0 saturated heterocycles. The van der Waals surface area contributed by atoms with Crippen LogP contribution in [0.4, 0.5) is 0 Å². The van der Waals surface area contributed by atoms with Crippen LogP contribution in [0.2, 0.25) is 0 Å². The van der Waals surface area contributed by atoms with E-state index in [4.69, 9.17) is 10.9 Å².